The number of piperidine rings is 1. The molecule has 1 amide bonds. The summed E-state index contributed by atoms with van der Waals surface area (Å²) in [6, 6.07) is 4.01. The molecule has 4 nitrogen and oxygen atoms in total. The van der Waals surface area contributed by atoms with Gasteiger partial charge in [0.2, 0.25) is 5.91 Å². The Morgan fingerprint density at radius 2 is 2.12 bits per heavy atom. The predicted octanol–water partition coefficient (Wildman–Crippen LogP) is 3.25. The van der Waals surface area contributed by atoms with Crippen molar-refractivity contribution in [2.75, 3.05) is 26.2 Å². The maximum Gasteiger partial charge on any atom is 0.223 e. The van der Waals surface area contributed by atoms with E-state index in [9.17, 15) is 4.79 Å². The molecule has 2 fully saturated rings. The van der Waals surface area contributed by atoms with E-state index >= 15 is 0 Å². The Hall–Kier alpha value is -1.68. The topological polar surface area (TPSA) is 36.4 Å². The molecule has 0 bridgehead atoms. The van der Waals surface area contributed by atoms with Crippen LogP contribution >= 0.6 is 0 Å². The average molecular weight is 339 g/mol. The van der Waals surface area contributed by atoms with Crippen LogP contribution in [0.4, 0.5) is 0 Å². The summed E-state index contributed by atoms with van der Waals surface area (Å²) >= 11 is 0. The SMILES string of the molecule is O=C1CC2(CCN(C[C@@H]3CC=CCC3)CC2)CN1Cc1cccnc1. The van der Waals surface area contributed by atoms with Crippen LogP contribution in [-0.2, 0) is 11.3 Å². The van der Waals surface area contributed by atoms with Gasteiger partial charge >= 0.3 is 0 Å². The summed E-state index contributed by atoms with van der Waals surface area (Å²) in [5, 5.41) is 0. The maximum atomic E-state index is 12.5. The number of carbonyl (C=O) groups is 1. The van der Waals surface area contributed by atoms with E-state index in [1.54, 1.807) is 6.20 Å². The van der Waals surface area contributed by atoms with Gasteiger partial charge in [-0.3, -0.25) is 9.78 Å². The van der Waals surface area contributed by atoms with Crippen LogP contribution in [0.3, 0.4) is 0 Å². The van der Waals surface area contributed by atoms with Crippen LogP contribution in [0, 0.1) is 11.3 Å². The standard InChI is InChI=1S/C21H29N3O/c25-20-13-21(17-24(20)16-19-7-4-10-22-14-19)8-11-23(12-9-21)15-18-5-2-1-3-6-18/h1-2,4,7,10,14,18H,3,5-6,8-9,11-13,15-17H2/t18-/m1/s1. The summed E-state index contributed by atoms with van der Waals surface area (Å²) in [6.07, 6.45) is 15.3. The van der Waals surface area contributed by atoms with Crippen molar-refractivity contribution in [3.63, 3.8) is 0 Å². The maximum absolute atomic E-state index is 12.5. The number of amides is 1. The molecule has 0 N–H and O–H groups in total. The minimum atomic E-state index is 0.224. The van der Waals surface area contributed by atoms with E-state index in [2.05, 4.69) is 33.0 Å². The van der Waals surface area contributed by atoms with Gasteiger partial charge < -0.3 is 9.80 Å². The number of likely N-dealkylation sites (tertiary alicyclic amines) is 2. The lowest BCUT2D eigenvalue weighted by Gasteiger charge is -2.40. The van der Waals surface area contributed by atoms with Gasteiger partial charge in [-0.05, 0) is 68.2 Å². The van der Waals surface area contributed by atoms with E-state index in [4.69, 9.17) is 0 Å². The molecular formula is C21H29N3O. The van der Waals surface area contributed by atoms with E-state index in [1.165, 1.54) is 38.6 Å². The van der Waals surface area contributed by atoms with E-state index in [-0.39, 0.29) is 5.41 Å². The molecule has 0 radical (unpaired) electrons. The lowest BCUT2D eigenvalue weighted by atomic mass is 9.77. The quantitative estimate of drug-likeness (QED) is 0.790. The van der Waals surface area contributed by atoms with E-state index < -0.39 is 0 Å². The summed E-state index contributed by atoms with van der Waals surface area (Å²) in [5.74, 6) is 1.17. The molecule has 3 aliphatic rings. The Kier molecular flexibility index (Phi) is 4.89. The van der Waals surface area contributed by atoms with Crippen molar-refractivity contribution < 1.29 is 4.79 Å². The smallest absolute Gasteiger partial charge is 0.223 e. The van der Waals surface area contributed by atoms with Gasteiger partial charge in [-0.2, -0.15) is 0 Å². The highest BCUT2D eigenvalue weighted by Crippen LogP contribution is 2.41. The van der Waals surface area contributed by atoms with Gasteiger partial charge in [0.05, 0.1) is 0 Å². The van der Waals surface area contributed by atoms with E-state index in [0.29, 0.717) is 12.5 Å². The monoisotopic (exact) mass is 339 g/mol. The van der Waals surface area contributed by atoms with Gasteiger partial charge in [0.1, 0.15) is 0 Å². The second-order valence-corrected chi connectivity index (χ2v) is 8.24. The summed E-state index contributed by atoms with van der Waals surface area (Å²) in [5.41, 5.74) is 1.36. The van der Waals surface area contributed by atoms with Crippen LogP contribution in [0.25, 0.3) is 0 Å². The van der Waals surface area contributed by atoms with Crippen molar-refractivity contribution in [3.8, 4) is 0 Å². The molecule has 134 valence electrons. The fraction of sp³-hybridized carbons (Fsp3) is 0.619. The normalized spacial score (nSPS) is 26.5. The van der Waals surface area contributed by atoms with Crippen LogP contribution in [-0.4, -0.2) is 46.9 Å². The predicted molar refractivity (Wildman–Crippen MR) is 98.9 cm³/mol. The van der Waals surface area contributed by atoms with Crippen molar-refractivity contribution in [1.82, 2.24) is 14.8 Å². The summed E-state index contributed by atoms with van der Waals surface area (Å²) in [4.78, 5) is 21.4. The lowest BCUT2D eigenvalue weighted by Crippen LogP contribution is -2.43. The van der Waals surface area contributed by atoms with Crippen LogP contribution in [0.5, 0.6) is 0 Å². The highest BCUT2D eigenvalue weighted by molar-refractivity contribution is 5.79. The number of hydrogen-bond acceptors (Lipinski definition) is 3. The molecule has 2 aliphatic heterocycles. The van der Waals surface area contributed by atoms with Crippen LogP contribution in [0.1, 0.15) is 44.1 Å². The third-order valence-corrected chi connectivity index (χ3v) is 6.31. The van der Waals surface area contributed by atoms with Gasteiger partial charge in [-0.25, -0.2) is 0 Å². The highest BCUT2D eigenvalue weighted by atomic mass is 16.2. The Balaban J connectivity index is 1.30. The van der Waals surface area contributed by atoms with Crippen molar-refractivity contribution in [2.45, 2.75) is 45.1 Å². The third kappa shape index (κ3) is 3.95. The number of nitrogens with zero attached hydrogens (tertiary/aromatic N) is 3. The van der Waals surface area contributed by atoms with Gasteiger partial charge in [-0.1, -0.05) is 18.2 Å². The fourth-order valence-corrected chi connectivity index (χ4v) is 4.77. The Bertz CT molecular complexity index is 619. The van der Waals surface area contributed by atoms with Gasteiger partial charge in [0.15, 0.2) is 0 Å². The molecule has 4 heteroatoms. The molecule has 1 aromatic rings. The number of carbonyl (C=O) groups excluding carboxylic acids is 1. The molecular weight excluding hydrogens is 310 g/mol. The Morgan fingerprint density at radius 3 is 2.84 bits per heavy atom. The van der Waals surface area contributed by atoms with Crippen molar-refractivity contribution >= 4 is 5.91 Å². The van der Waals surface area contributed by atoms with Gasteiger partial charge in [0.25, 0.3) is 0 Å². The van der Waals surface area contributed by atoms with Gasteiger partial charge in [-0.15, -0.1) is 0 Å². The second kappa shape index (κ2) is 7.28. The first-order chi connectivity index (χ1) is 12.2. The molecule has 3 heterocycles. The molecule has 1 atom stereocenters. The molecule has 0 aromatic carbocycles. The van der Waals surface area contributed by atoms with Crippen LogP contribution in [0.2, 0.25) is 0 Å². The highest BCUT2D eigenvalue weighted by Gasteiger charge is 2.44. The molecule has 1 aromatic heterocycles. The minimum absolute atomic E-state index is 0.224. The first-order valence-electron chi connectivity index (χ1n) is 9.77. The lowest BCUT2D eigenvalue weighted by molar-refractivity contribution is -0.128. The Morgan fingerprint density at radius 1 is 1.24 bits per heavy atom. The average Bonchev–Trinajstić information content (AvgIpc) is 2.94. The first kappa shape index (κ1) is 16.8. The van der Waals surface area contributed by atoms with Crippen LogP contribution < -0.4 is 0 Å². The molecule has 0 unspecified atom stereocenters. The number of hydrogen-bond donors (Lipinski definition) is 0. The third-order valence-electron chi connectivity index (χ3n) is 6.31. The number of pyridine rings is 1. The first-order valence-corrected chi connectivity index (χ1v) is 9.77. The number of aromatic nitrogens is 1. The molecule has 25 heavy (non-hydrogen) atoms. The van der Waals surface area contributed by atoms with E-state index in [0.717, 1.165) is 37.5 Å². The van der Waals surface area contributed by atoms with Crippen molar-refractivity contribution in [2.24, 2.45) is 11.3 Å². The zero-order valence-electron chi connectivity index (χ0n) is 15.1. The Labute approximate surface area is 150 Å². The largest absolute Gasteiger partial charge is 0.338 e. The second-order valence-electron chi connectivity index (χ2n) is 8.24. The number of allylic oxidation sites excluding steroid dienone is 2. The summed E-state index contributed by atoms with van der Waals surface area (Å²) in [7, 11) is 0. The molecule has 0 saturated carbocycles. The molecule has 1 aliphatic carbocycles. The van der Waals surface area contributed by atoms with Gasteiger partial charge in [0, 0.05) is 38.4 Å². The van der Waals surface area contributed by atoms with Crippen molar-refractivity contribution in [1.29, 1.82) is 0 Å². The van der Waals surface area contributed by atoms with Crippen molar-refractivity contribution in [3.05, 3.63) is 42.2 Å². The molecule has 4 rings (SSSR count). The van der Waals surface area contributed by atoms with Crippen LogP contribution in [0.15, 0.2) is 36.7 Å². The van der Waals surface area contributed by atoms with E-state index in [1.807, 2.05) is 12.3 Å². The minimum Gasteiger partial charge on any atom is -0.338 e. The number of rotatable bonds is 4. The molecule has 1 spiro atoms. The fourth-order valence-electron chi connectivity index (χ4n) is 4.77. The zero-order valence-corrected chi connectivity index (χ0v) is 15.1. The zero-order chi connectivity index (χ0) is 17.1. The summed E-state index contributed by atoms with van der Waals surface area (Å²) < 4.78 is 0. The molecule has 2 saturated heterocycles. The summed E-state index contributed by atoms with van der Waals surface area (Å²) in [6.45, 7) is 5.21.